The highest BCUT2D eigenvalue weighted by Crippen LogP contribution is 2.24. The topological polar surface area (TPSA) is 15.3 Å². The van der Waals surface area contributed by atoms with Crippen LogP contribution in [0.1, 0.15) is 37.3 Å². The summed E-state index contributed by atoms with van der Waals surface area (Å²) in [5, 5.41) is 3.93. The van der Waals surface area contributed by atoms with Crippen LogP contribution in [-0.4, -0.2) is 37.1 Å². The second kappa shape index (κ2) is 6.28. The van der Waals surface area contributed by atoms with E-state index in [0.29, 0.717) is 12.1 Å². The van der Waals surface area contributed by atoms with Crippen molar-refractivity contribution in [3.05, 3.63) is 35.4 Å². The fourth-order valence-corrected chi connectivity index (χ4v) is 3.88. The SMILES string of the molecule is CC(NC1CCc2ccccc2C1)C1CCN(C)CC1. The van der Waals surface area contributed by atoms with Gasteiger partial charge in [0, 0.05) is 12.1 Å². The van der Waals surface area contributed by atoms with Crippen molar-refractivity contribution in [2.45, 2.75) is 51.1 Å². The molecule has 1 heterocycles. The number of hydrogen-bond acceptors (Lipinski definition) is 2. The molecule has 2 unspecified atom stereocenters. The van der Waals surface area contributed by atoms with Crippen molar-refractivity contribution in [3.8, 4) is 0 Å². The smallest absolute Gasteiger partial charge is 0.0113 e. The average molecular weight is 272 g/mol. The normalized spacial score (nSPS) is 26.2. The van der Waals surface area contributed by atoms with E-state index in [4.69, 9.17) is 0 Å². The van der Waals surface area contributed by atoms with Gasteiger partial charge in [-0.15, -0.1) is 0 Å². The maximum absolute atomic E-state index is 3.93. The van der Waals surface area contributed by atoms with Gasteiger partial charge in [0.15, 0.2) is 0 Å². The van der Waals surface area contributed by atoms with E-state index in [1.807, 2.05) is 0 Å². The van der Waals surface area contributed by atoms with E-state index in [1.165, 1.54) is 45.2 Å². The third-order valence-electron chi connectivity index (χ3n) is 5.32. The molecule has 0 spiro atoms. The fraction of sp³-hybridized carbons (Fsp3) is 0.667. The van der Waals surface area contributed by atoms with Gasteiger partial charge in [0.05, 0.1) is 0 Å². The van der Waals surface area contributed by atoms with Crippen molar-refractivity contribution in [2.75, 3.05) is 20.1 Å². The Labute approximate surface area is 123 Å². The van der Waals surface area contributed by atoms with Crippen LogP contribution in [0.15, 0.2) is 24.3 Å². The van der Waals surface area contributed by atoms with Crippen LogP contribution in [0.2, 0.25) is 0 Å². The largest absolute Gasteiger partial charge is 0.311 e. The van der Waals surface area contributed by atoms with Crippen molar-refractivity contribution in [2.24, 2.45) is 5.92 Å². The van der Waals surface area contributed by atoms with Crippen LogP contribution in [0.25, 0.3) is 0 Å². The molecule has 110 valence electrons. The Bertz CT molecular complexity index is 435. The Morgan fingerprint density at radius 1 is 1.10 bits per heavy atom. The van der Waals surface area contributed by atoms with Crippen molar-refractivity contribution < 1.29 is 0 Å². The van der Waals surface area contributed by atoms with Crippen LogP contribution < -0.4 is 5.32 Å². The summed E-state index contributed by atoms with van der Waals surface area (Å²) < 4.78 is 0. The number of aryl methyl sites for hydroxylation is 1. The van der Waals surface area contributed by atoms with Gasteiger partial charge >= 0.3 is 0 Å². The highest BCUT2D eigenvalue weighted by Gasteiger charge is 2.25. The third kappa shape index (κ3) is 3.24. The van der Waals surface area contributed by atoms with Gasteiger partial charge in [0.2, 0.25) is 0 Å². The second-order valence-corrected chi connectivity index (χ2v) is 6.80. The third-order valence-corrected chi connectivity index (χ3v) is 5.32. The summed E-state index contributed by atoms with van der Waals surface area (Å²) in [7, 11) is 2.24. The van der Waals surface area contributed by atoms with E-state index < -0.39 is 0 Å². The molecule has 1 aromatic rings. The van der Waals surface area contributed by atoms with Gasteiger partial charge in [-0.2, -0.15) is 0 Å². The van der Waals surface area contributed by atoms with E-state index in [1.54, 1.807) is 11.1 Å². The maximum atomic E-state index is 3.93. The lowest BCUT2D eigenvalue weighted by molar-refractivity contribution is 0.182. The molecule has 1 N–H and O–H groups in total. The van der Waals surface area contributed by atoms with Gasteiger partial charge in [-0.25, -0.2) is 0 Å². The first-order valence-electron chi connectivity index (χ1n) is 8.24. The minimum atomic E-state index is 0.666. The number of hydrogen-bond donors (Lipinski definition) is 1. The van der Waals surface area contributed by atoms with E-state index in [2.05, 4.69) is 48.5 Å². The van der Waals surface area contributed by atoms with Crippen molar-refractivity contribution in [1.29, 1.82) is 0 Å². The Morgan fingerprint density at radius 3 is 2.55 bits per heavy atom. The van der Waals surface area contributed by atoms with E-state index in [-0.39, 0.29) is 0 Å². The van der Waals surface area contributed by atoms with E-state index >= 15 is 0 Å². The second-order valence-electron chi connectivity index (χ2n) is 6.80. The predicted octanol–water partition coefficient (Wildman–Crippen LogP) is 2.86. The molecule has 0 radical (unpaired) electrons. The minimum Gasteiger partial charge on any atom is -0.311 e. The van der Waals surface area contributed by atoms with Gasteiger partial charge < -0.3 is 10.2 Å². The number of nitrogens with zero attached hydrogens (tertiary/aromatic N) is 1. The van der Waals surface area contributed by atoms with Crippen molar-refractivity contribution in [1.82, 2.24) is 10.2 Å². The van der Waals surface area contributed by atoms with Crippen LogP contribution >= 0.6 is 0 Å². The van der Waals surface area contributed by atoms with Crippen LogP contribution in [0.3, 0.4) is 0 Å². The molecule has 1 aliphatic carbocycles. The molecule has 1 aromatic carbocycles. The highest BCUT2D eigenvalue weighted by atomic mass is 15.1. The molecule has 2 atom stereocenters. The summed E-state index contributed by atoms with van der Waals surface area (Å²) in [5.74, 6) is 0.864. The van der Waals surface area contributed by atoms with E-state index in [0.717, 1.165) is 5.92 Å². The summed E-state index contributed by atoms with van der Waals surface area (Å²) in [5.41, 5.74) is 3.13. The molecule has 1 saturated heterocycles. The number of rotatable bonds is 3. The zero-order chi connectivity index (χ0) is 13.9. The Kier molecular flexibility index (Phi) is 4.42. The molecule has 2 nitrogen and oxygen atoms in total. The predicted molar refractivity (Wildman–Crippen MR) is 85.1 cm³/mol. The summed E-state index contributed by atoms with van der Waals surface area (Å²) in [6.07, 6.45) is 6.47. The summed E-state index contributed by atoms with van der Waals surface area (Å²) in [6.45, 7) is 4.94. The average Bonchev–Trinajstić information content (AvgIpc) is 2.48. The van der Waals surface area contributed by atoms with Gasteiger partial charge in [0.1, 0.15) is 0 Å². The van der Waals surface area contributed by atoms with Gasteiger partial charge in [0.25, 0.3) is 0 Å². The number of nitrogens with one attached hydrogen (secondary N) is 1. The highest BCUT2D eigenvalue weighted by molar-refractivity contribution is 5.30. The minimum absolute atomic E-state index is 0.666. The van der Waals surface area contributed by atoms with Crippen molar-refractivity contribution in [3.63, 3.8) is 0 Å². The standard InChI is InChI=1S/C18H28N2/c1-14(15-9-11-20(2)12-10-15)19-18-8-7-16-5-3-4-6-17(16)13-18/h3-6,14-15,18-19H,7-13H2,1-2H3. The first-order valence-corrected chi connectivity index (χ1v) is 8.24. The monoisotopic (exact) mass is 272 g/mol. The molecule has 0 saturated carbocycles. The molecule has 3 rings (SSSR count). The van der Waals surface area contributed by atoms with Crippen LogP contribution in [0.4, 0.5) is 0 Å². The molecule has 2 aliphatic rings. The zero-order valence-corrected chi connectivity index (χ0v) is 12.9. The van der Waals surface area contributed by atoms with Crippen LogP contribution in [0.5, 0.6) is 0 Å². The Hall–Kier alpha value is -0.860. The molecule has 2 heteroatoms. The summed E-state index contributed by atoms with van der Waals surface area (Å²) >= 11 is 0. The molecule has 0 amide bonds. The number of fused-ring (bicyclic) bond motifs is 1. The lowest BCUT2D eigenvalue weighted by Crippen LogP contribution is -2.46. The molecular formula is C18H28N2. The first kappa shape index (κ1) is 14.1. The van der Waals surface area contributed by atoms with Crippen LogP contribution in [-0.2, 0) is 12.8 Å². The van der Waals surface area contributed by atoms with E-state index in [9.17, 15) is 0 Å². The lowest BCUT2D eigenvalue weighted by atomic mass is 9.85. The summed E-state index contributed by atoms with van der Waals surface area (Å²) in [4.78, 5) is 2.46. The molecule has 1 fully saturated rings. The molecule has 1 aliphatic heterocycles. The van der Waals surface area contributed by atoms with Crippen LogP contribution in [0, 0.1) is 5.92 Å². The molecule has 0 bridgehead atoms. The first-order chi connectivity index (χ1) is 9.72. The Morgan fingerprint density at radius 2 is 1.80 bits per heavy atom. The van der Waals surface area contributed by atoms with Gasteiger partial charge in [-0.05, 0) is 76.2 Å². The fourth-order valence-electron chi connectivity index (χ4n) is 3.88. The van der Waals surface area contributed by atoms with Gasteiger partial charge in [-0.3, -0.25) is 0 Å². The number of benzene rings is 1. The summed E-state index contributed by atoms with van der Waals surface area (Å²) in [6, 6.07) is 10.3. The lowest BCUT2D eigenvalue weighted by Gasteiger charge is -2.36. The Balaban J connectivity index is 1.54. The maximum Gasteiger partial charge on any atom is 0.0113 e. The number of piperidine rings is 1. The quantitative estimate of drug-likeness (QED) is 0.910. The van der Waals surface area contributed by atoms with Crippen molar-refractivity contribution >= 4 is 0 Å². The molecule has 0 aromatic heterocycles. The molecular weight excluding hydrogens is 244 g/mol. The number of likely N-dealkylation sites (tertiary alicyclic amines) is 1. The van der Waals surface area contributed by atoms with Gasteiger partial charge in [-0.1, -0.05) is 24.3 Å². The molecule has 20 heavy (non-hydrogen) atoms. The zero-order valence-electron chi connectivity index (χ0n) is 12.9.